The molecule has 1 aliphatic rings. The maximum absolute atomic E-state index is 13.2. The quantitative estimate of drug-likeness (QED) is 0.156. The number of nitrogens with one attached hydrogen (secondary N) is 1. The van der Waals surface area contributed by atoms with Crippen LogP contribution in [0.4, 0.5) is 17.1 Å². The monoisotopic (exact) mass is 535 g/mol. The molecule has 4 rings (SSSR count). The number of hydrogen-bond donors (Lipinski definition) is 2. The molecular weight excluding hydrogens is 518 g/mol. The molecule has 2 amide bonds. The van der Waals surface area contributed by atoms with E-state index in [1.165, 1.54) is 36.1 Å². The van der Waals surface area contributed by atoms with Gasteiger partial charge in [-0.3, -0.25) is 29.4 Å². The van der Waals surface area contributed by atoms with Crippen LogP contribution in [-0.2, 0) is 14.4 Å². The molecule has 2 N–H and O–H groups in total. The predicted molar refractivity (Wildman–Crippen MR) is 133 cm³/mol. The summed E-state index contributed by atoms with van der Waals surface area (Å²) in [6.45, 7) is 1.37. The van der Waals surface area contributed by atoms with Crippen molar-refractivity contribution in [3.8, 4) is 0 Å². The summed E-state index contributed by atoms with van der Waals surface area (Å²) < 4.78 is 0.785. The lowest BCUT2D eigenvalue weighted by atomic mass is 9.95. The highest BCUT2D eigenvalue weighted by Gasteiger charge is 2.47. The third kappa shape index (κ3) is 4.69. The Balaban J connectivity index is 1.85. The Morgan fingerprint density at radius 3 is 2.14 bits per heavy atom. The number of ketones is 1. The first-order valence-electron chi connectivity index (χ1n) is 10.4. The second kappa shape index (κ2) is 9.51. The van der Waals surface area contributed by atoms with Gasteiger partial charge in [0.05, 0.1) is 16.5 Å². The number of nitro groups is 1. The SMILES string of the molecule is CC(=O)Nc1ccc(N2C(=O)C(=O)C(=C(O)c3ccc([N+](=O)[O-])cc3)C2c2ccc(Br)cc2)cc1. The lowest BCUT2D eigenvalue weighted by molar-refractivity contribution is -0.384. The van der Waals surface area contributed by atoms with Gasteiger partial charge < -0.3 is 10.4 Å². The fourth-order valence-corrected chi connectivity index (χ4v) is 4.13. The second-order valence-electron chi connectivity index (χ2n) is 7.75. The van der Waals surface area contributed by atoms with Crippen molar-refractivity contribution in [2.75, 3.05) is 10.2 Å². The molecule has 0 radical (unpaired) electrons. The van der Waals surface area contributed by atoms with Gasteiger partial charge in [0.1, 0.15) is 5.76 Å². The lowest BCUT2D eigenvalue weighted by Gasteiger charge is -2.25. The van der Waals surface area contributed by atoms with Gasteiger partial charge in [-0.2, -0.15) is 0 Å². The molecule has 1 aliphatic heterocycles. The summed E-state index contributed by atoms with van der Waals surface area (Å²) in [5.41, 5.74) is 1.32. The van der Waals surface area contributed by atoms with E-state index >= 15 is 0 Å². The zero-order chi connectivity index (χ0) is 25.3. The van der Waals surface area contributed by atoms with Gasteiger partial charge in [0, 0.05) is 40.5 Å². The average Bonchev–Trinajstić information content (AvgIpc) is 3.10. The standard InChI is InChI=1S/C25H18BrN3O6/c1-14(30)27-18-8-12-19(13-9-18)28-22(15-2-6-17(26)7-3-15)21(24(32)25(28)33)23(31)16-4-10-20(11-5-16)29(34)35/h2-13,22,31H,1H3,(H,27,30). The number of halogens is 1. The molecule has 1 heterocycles. The van der Waals surface area contributed by atoms with Crippen LogP contribution in [0.25, 0.3) is 5.76 Å². The number of rotatable bonds is 5. The summed E-state index contributed by atoms with van der Waals surface area (Å²) in [5, 5.41) is 24.7. The minimum Gasteiger partial charge on any atom is -0.507 e. The van der Waals surface area contributed by atoms with Crippen LogP contribution in [0.3, 0.4) is 0 Å². The normalized spacial score (nSPS) is 16.9. The number of hydrogen-bond acceptors (Lipinski definition) is 6. The fraction of sp³-hybridized carbons (Fsp3) is 0.0800. The first-order chi connectivity index (χ1) is 16.7. The molecular formula is C25H18BrN3O6. The molecule has 176 valence electrons. The summed E-state index contributed by atoms with van der Waals surface area (Å²) in [5.74, 6) is -2.42. The molecule has 0 aromatic heterocycles. The van der Waals surface area contributed by atoms with Crippen LogP contribution in [0.5, 0.6) is 0 Å². The van der Waals surface area contributed by atoms with Gasteiger partial charge in [-0.05, 0) is 54.1 Å². The minimum atomic E-state index is -0.954. The molecule has 9 nitrogen and oxygen atoms in total. The summed E-state index contributed by atoms with van der Waals surface area (Å²) >= 11 is 3.37. The van der Waals surface area contributed by atoms with Gasteiger partial charge in [0.15, 0.2) is 0 Å². The Labute approximate surface area is 208 Å². The zero-order valence-corrected chi connectivity index (χ0v) is 19.9. The van der Waals surface area contributed by atoms with Gasteiger partial charge in [-0.25, -0.2) is 0 Å². The van der Waals surface area contributed by atoms with E-state index in [1.807, 2.05) is 0 Å². The van der Waals surface area contributed by atoms with Gasteiger partial charge in [-0.15, -0.1) is 0 Å². The van der Waals surface area contributed by atoms with Crippen molar-refractivity contribution >= 4 is 56.3 Å². The van der Waals surface area contributed by atoms with Crippen molar-refractivity contribution in [3.63, 3.8) is 0 Å². The molecule has 35 heavy (non-hydrogen) atoms. The Kier molecular flexibility index (Phi) is 6.48. The number of nitrogens with zero attached hydrogens (tertiary/aromatic N) is 2. The third-order valence-corrected chi connectivity index (χ3v) is 5.98. The number of non-ortho nitro benzene ring substituents is 1. The van der Waals surface area contributed by atoms with Crippen LogP contribution >= 0.6 is 15.9 Å². The Morgan fingerprint density at radius 1 is 1.00 bits per heavy atom. The van der Waals surface area contributed by atoms with Crippen LogP contribution in [0.2, 0.25) is 0 Å². The predicted octanol–water partition coefficient (Wildman–Crippen LogP) is 4.94. The van der Waals surface area contributed by atoms with Crippen molar-refractivity contribution in [1.82, 2.24) is 0 Å². The summed E-state index contributed by atoms with van der Waals surface area (Å²) in [6, 6.07) is 17.4. The lowest BCUT2D eigenvalue weighted by Crippen LogP contribution is -2.29. The molecule has 0 bridgehead atoms. The zero-order valence-electron chi connectivity index (χ0n) is 18.3. The average molecular weight is 536 g/mol. The van der Waals surface area contributed by atoms with Crippen LogP contribution in [0.15, 0.2) is 82.8 Å². The van der Waals surface area contributed by atoms with Crippen molar-refractivity contribution in [2.24, 2.45) is 0 Å². The summed E-state index contributed by atoms with van der Waals surface area (Å²) in [6.07, 6.45) is 0. The van der Waals surface area contributed by atoms with E-state index in [0.717, 1.165) is 4.47 Å². The maximum Gasteiger partial charge on any atom is 0.300 e. The molecule has 10 heteroatoms. The van der Waals surface area contributed by atoms with Gasteiger partial charge in [0.2, 0.25) is 5.91 Å². The fourth-order valence-electron chi connectivity index (χ4n) is 3.86. The van der Waals surface area contributed by atoms with E-state index in [0.29, 0.717) is 16.9 Å². The second-order valence-corrected chi connectivity index (χ2v) is 8.67. The molecule has 1 unspecified atom stereocenters. The van der Waals surface area contributed by atoms with Gasteiger partial charge >= 0.3 is 0 Å². The molecule has 3 aromatic rings. The number of nitro benzene ring substituents is 1. The van der Waals surface area contributed by atoms with Crippen LogP contribution in [0, 0.1) is 10.1 Å². The van der Waals surface area contributed by atoms with Crippen LogP contribution in [0.1, 0.15) is 24.1 Å². The smallest absolute Gasteiger partial charge is 0.300 e. The highest BCUT2D eigenvalue weighted by molar-refractivity contribution is 9.10. The van der Waals surface area contributed by atoms with E-state index in [9.17, 15) is 29.6 Å². The first-order valence-corrected chi connectivity index (χ1v) is 11.2. The van der Waals surface area contributed by atoms with E-state index in [4.69, 9.17) is 0 Å². The Hall–Kier alpha value is -4.31. The van der Waals surface area contributed by atoms with Crippen molar-refractivity contribution in [1.29, 1.82) is 0 Å². The molecule has 1 saturated heterocycles. The highest BCUT2D eigenvalue weighted by atomic mass is 79.9. The highest BCUT2D eigenvalue weighted by Crippen LogP contribution is 2.42. The summed E-state index contributed by atoms with van der Waals surface area (Å²) in [4.78, 5) is 49.3. The molecule has 0 saturated carbocycles. The van der Waals surface area contributed by atoms with Gasteiger partial charge in [0.25, 0.3) is 17.4 Å². The Morgan fingerprint density at radius 2 is 1.60 bits per heavy atom. The molecule has 1 fully saturated rings. The number of carbonyl (C=O) groups is 3. The maximum atomic E-state index is 13.2. The van der Waals surface area contributed by atoms with Crippen molar-refractivity contribution in [3.05, 3.63) is 104 Å². The van der Waals surface area contributed by atoms with E-state index in [2.05, 4.69) is 21.2 Å². The van der Waals surface area contributed by atoms with Crippen LogP contribution in [-0.4, -0.2) is 27.6 Å². The number of anilines is 2. The van der Waals surface area contributed by atoms with Crippen molar-refractivity contribution < 1.29 is 24.4 Å². The molecule has 3 aromatic carbocycles. The first kappa shape index (κ1) is 23.8. The number of Topliss-reactive ketones (excluding diaryl/α,β-unsaturated/α-hetero) is 1. The number of benzene rings is 3. The molecule has 1 atom stereocenters. The molecule has 0 aliphatic carbocycles. The minimum absolute atomic E-state index is 0.142. The molecule has 0 spiro atoms. The number of amides is 2. The topological polar surface area (TPSA) is 130 Å². The van der Waals surface area contributed by atoms with E-state index in [1.54, 1.807) is 48.5 Å². The van der Waals surface area contributed by atoms with Crippen molar-refractivity contribution in [2.45, 2.75) is 13.0 Å². The number of aliphatic hydroxyl groups excluding tert-OH is 1. The van der Waals surface area contributed by atoms with Crippen LogP contribution < -0.4 is 10.2 Å². The van der Waals surface area contributed by atoms with E-state index in [-0.39, 0.29) is 22.7 Å². The number of carbonyl (C=O) groups excluding carboxylic acids is 3. The third-order valence-electron chi connectivity index (χ3n) is 5.45. The Bertz CT molecular complexity index is 1370. The van der Waals surface area contributed by atoms with E-state index < -0.39 is 28.4 Å². The largest absolute Gasteiger partial charge is 0.507 e. The van der Waals surface area contributed by atoms with Gasteiger partial charge in [-0.1, -0.05) is 28.1 Å². The summed E-state index contributed by atoms with van der Waals surface area (Å²) in [7, 11) is 0. The number of aliphatic hydroxyl groups is 1.